The lowest BCUT2D eigenvalue weighted by Gasteiger charge is -2.10. The molecule has 0 bridgehead atoms. The Morgan fingerprint density at radius 3 is 2.86 bits per heavy atom. The first-order chi connectivity index (χ1) is 6.49. The second-order valence-electron chi connectivity index (χ2n) is 3.20. The summed E-state index contributed by atoms with van der Waals surface area (Å²) in [6, 6.07) is 0. The zero-order valence-electron chi connectivity index (χ0n) is 7.73. The van der Waals surface area contributed by atoms with E-state index in [1.165, 1.54) is 0 Å². The molecule has 1 fully saturated rings. The highest BCUT2D eigenvalue weighted by molar-refractivity contribution is 7.89. The molecule has 7 heteroatoms. The predicted molar refractivity (Wildman–Crippen MR) is 57.5 cm³/mol. The third kappa shape index (κ3) is 4.32. The van der Waals surface area contributed by atoms with Crippen LogP contribution in [0.4, 0.5) is 0 Å². The van der Waals surface area contributed by atoms with Crippen molar-refractivity contribution in [2.24, 2.45) is 5.73 Å². The lowest BCUT2D eigenvalue weighted by Crippen LogP contribution is -2.36. The summed E-state index contributed by atoms with van der Waals surface area (Å²) in [7, 11) is -3.30. The maximum atomic E-state index is 11.4. The molecule has 1 aliphatic rings. The van der Waals surface area contributed by atoms with Crippen LogP contribution >= 0.6 is 12.2 Å². The van der Waals surface area contributed by atoms with Crippen LogP contribution in [0.25, 0.3) is 0 Å². The minimum Gasteiger partial charge on any atom is -0.392 e. The predicted octanol–water partition coefficient (Wildman–Crippen LogP) is -0.629. The third-order valence-electron chi connectivity index (χ3n) is 1.90. The van der Waals surface area contributed by atoms with Crippen molar-refractivity contribution in [3.05, 3.63) is 0 Å². The summed E-state index contributed by atoms with van der Waals surface area (Å²) in [6.07, 6.45) is 1.54. The molecule has 1 saturated heterocycles. The van der Waals surface area contributed by atoms with Crippen molar-refractivity contribution in [1.82, 2.24) is 4.72 Å². The van der Waals surface area contributed by atoms with E-state index in [-0.39, 0.29) is 23.4 Å². The molecule has 0 amide bonds. The summed E-state index contributed by atoms with van der Waals surface area (Å²) in [5.74, 6) is -0.00435. The van der Waals surface area contributed by atoms with Crippen LogP contribution in [-0.4, -0.2) is 38.4 Å². The lowest BCUT2D eigenvalue weighted by atomic mass is 10.3. The minimum absolute atomic E-state index is 0.00435. The standard InChI is InChI=1S/C7H14N2O3S2/c8-7(13)4-9-14(10,11)5-6-2-1-3-12-6/h6,9H,1-5H2,(H2,8,13). The van der Waals surface area contributed by atoms with E-state index in [1.54, 1.807) is 0 Å². The van der Waals surface area contributed by atoms with Crippen LogP contribution in [0.3, 0.4) is 0 Å². The first-order valence-corrected chi connectivity index (χ1v) is 6.43. The SMILES string of the molecule is NC(=S)CNS(=O)(=O)CC1CCCO1. The van der Waals surface area contributed by atoms with E-state index in [0.29, 0.717) is 6.61 Å². The number of nitrogens with two attached hydrogens (primary N) is 1. The molecule has 3 N–H and O–H groups in total. The molecular formula is C7H14N2O3S2. The molecule has 5 nitrogen and oxygen atoms in total. The van der Waals surface area contributed by atoms with Crippen LogP contribution in [0.2, 0.25) is 0 Å². The first kappa shape index (κ1) is 11.8. The van der Waals surface area contributed by atoms with Crippen LogP contribution in [0.1, 0.15) is 12.8 Å². The Balaban J connectivity index is 2.36. The molecule has 1 rings (SSSR count). The summed E-state index contributed by atoms with van der Waals surface area (Å²) in [5.41, 5.74) is 5.18. The van der Waals surface area contributed by atoms with E-state index >= 15 is 0 Å². The molecule has 1 atom stereocenters. The van der Waals surface area contributed by atoms with Crippen molar-refractivity contribution < 1.29 is 13.2 Å². The van der Waals surface area contributed by atoms with Gasteiger partial charge in [-0.15, -0.1) is 0 Å². The van der Waals surface area contributed by atoms with Gasteiger partial charge in [0.15, 0.2) is 0 Å². The van der Waals surface area contributed by atoms with Gasteiger partial charge in [-0.3, -0.25) is 0 Å². The molecule has 1 heterocycles. The molecule has 0 saturated carbocycles. The van der Waals surface area contributed by atoms with Gasteiger partial charge < -0.3 is 10.5 Å². The minimum atomic E-state index is -3.30. The Labute approximate surface area is 89.0 Å². The summed E-state index contributed by atoms with van der Waals surface area (Å²) in [6.45, 7) is 0.667. The van der Waals surface area contributed by atoms with Crippen LogP contribution in [0.5, 0.6) is 0 Å². The highest BCUT2D eigenvalue weighted by Gasteiger charge is 2.22. The summed E-state index contributed by atoms with van der Waals surface area (Å²) < 4.78 is 30.3. The highest BCUT2D eigenvalue weighted by Crippen LogP contribution is 2.13. The summed E-state index contributed by atoms with van der Waals surface area (Å²) >= 11 is 4.57. The second-order valence-corrected chi connectivity index (χ2v) is 5.58. The van der Waals surface area contributed by atoms with Crippen molar-refractivity contribution in [2.75, 3.05) is 18.9 Å². The van der Waals surface area contributed by atoms with Gasteiger partial charge in [-0.25, -0.2) is 13.1 Å². The number of sulfonamides is 1. The fourth-order valence-electron chi connectivity index (χ4n) is 1.26. The Hall–Kier alpha value is -0.240. The van der Waals surface area contributed by atoms with Gasteiger partial charge in [-0.2, -0.15) is 0 Å². The molecule has 14 heavy (non-hydrogen) atoms. The van der Waals surface area contributed by atoms with Gasteiger partial charge in [0.2, 0.25) is 10.0 Å². The van der Waals surface area contributed by atoms with E-state index in [1.807, 2.05) is 0 Å². The molecule has 1 unspecified atom stereocenters. The number of rotatable bonds is 5. The van der Waals surface area contributed by atoms with E-state index in [2.05, 4.69) is 16.9 Å². The zero-order chi connectivity index (χ0) is 10.6. The van der Waals surface area contributed by atoms with Gasteiger partial charge >= 0.3 is 0 Å². The maximum absolute atomic E-state index is 11.4. The van der Waals surface area contributed by atoms with Crippen molar-refractivity contribution in [1.29, 1.82) is 0 Å². The van der Waals surface area contributed by atoms with Gasteiger partial charge in [0.25, 0.3) is 0 Å². The van der Waals surface area contributed by atoms with Crippen molar-refractivity contribution >= 4 is 27.2 Å². The molecular weight excluding hydrogens is 224 g/mol. The van der Waals surface area contributed by atoms with Crippen LogP contribution < -0.4 is 10.5 Å². The quantitative estimate of drug-likeness (QED) is 0.623. The number of hydrogen-bond acceptors (Lipinski definition) is 4. The Bertz CT molecular complexity index is 296. The smallest absolute Gasteiger partial charge is 0.214 e. The van der Waals surface area contributed by atoms with Gasteiger partial charge in [0.05, 0.1) is 23.4 Å². The van der Waals surface area contributed by atoms with E-state index in [4.69, 9.17) is 10.5 Å². The molecule has 0 spiro atoms. The molecule has 0 radical (unpaired) electrons. The second kappa shape index (κ2) is 5.01. The summed E-state index contributed by atoms with van der Waals surface area (Å²) in [4.78, 5) is 0.140. The monoisotopic (exact) mass is 238 g/mol. The first-order valence-electron chi connectivity index (χ1n) is 4.37. The van der Waals surface area contributed by atoms with Crippen molar-refractivity contribution in [2.45, 2.75) is 18.9 Å². The van der Waals surface area contributed by atoms with Crippen LogP contribution in [0, 0.1) is 0 Å². The summed E-state index contributed by atoms with van der Waals surface area (Å²) in [5, 5.41) is 0. The molecule has 0 aromatic heterocycles. The van der Waals surface area contributed by atoms with Crippen LogP contribution in [-0.2, 0) is 14.8 Å². The van der Waals surface area contributed by atoms with E-state index in [0.717, 1.165) is 12.8 Å². The number of nitrogens with one attached hydrogen (secondary N) is 1. The zero-order valence-corrected chi connectivity index (χ0v) is 9.36. The molecule has 0 aliphatic carbocycles. The average Bonchev–Trinajstić information content (AvgIpc) is 2.53. The van der Waals surface area contributed by atoms with Gasteiger partial charge in [0.1, 0.15) is 0 Å². The Morgan fingerprint density at radius 1 is 1.64 bits per heavy atom. The maximum Gasteiger partial charge on any atom is 0.214 e. The van der Waals surface area contributed by atoms with Crippen molar-refractivity contribution in [3.63, 3.8) is 0 Å². The fraction of sp³-hybridized carbons (Fsp3) is 0.857. The van der Waals surface area contributed by atoms with E-state index < -0.39 is 10.0 Å². The fourth-order valence-corrected chi connectivity index (χ4v) is 2.67. The average molecular weight is 238 g/mol. The molecule has 1 aliphatic heterocycles. The number of thiocarbonyl (C=S) groups is 1. The normalized spacial score (nSPS) is 22.4. The Kier molecular flexibility index (Phi) is 4.24. The van der Waals surface area contributed by atoms with Gasteiger partial charge in [-0.1, -0.05) is 12.2 Å². The topological polar surface area (TPSA) is 81.4 Å². The van der Waals surface area contributed by atoms with Crippen molar-refractivity contribution in [3.8, 4) is 0 Å². The number of hydrogen-bond donors (Lipinski definition) is 2. The van der Waals surface area contributed by atoms with Gasteiger partial charge in [-0.05, 0) is 12.8 Å². The Morgan fingerprint density at radius 2 is 2.36 bits per heavy atom. The number of ether oxygens (including phenoxy) is 1. The highest BCUT2D eigenvalue weighted by atomic mass is 32.2. The van der Waals surface area contributed by atoms with Crippen LogP contribution in [0.15, 0.2) is 0 Å². The molecule has 82 valence electrons. The largest absolute Gasteiger partial charge is 0.392 e. The molecule has 0 aromatic carbocycles. The third-order valence-corrected chi connectivity index (χ3v) is 3.43. The molecule has 0 aromatic rings. The van der Waals surface area contributed by atoms with Gasteiger partial charge in [0, 0.05) is 6.61 Å². The van der Waals surface area contributed by atoms with E-state index in [9.17, 15) is 8.42 Å². The lowest BCUT2D eigenvalue weighted by molar-refractivity contribution is 0.127.